The van der Waals surface area contributed by atoms with Crippen molar-refractivity contribution in [3.8, 4) is 0 Å². The summed E-state index contributed by atoms with van der Waals surface area (Å²) >= 11 is 5.88. The van der Waals surface area contributed by atoms with Gasteiger partial charge < -0.3 is 44.0 Å². The largest absolute Gasteiger partial charge is 0.379 e. The number of piperidine rings is 1. The van der Waals surface area contributed by atoms with Crippen LogP contribution in [0.1, 0.15) is 80.9 Å². The molecule has 2 fully saturated rings. The predicted molar refractivity (Wildman–Crippen MR) is 243 cm³/mol. The lowest BCUT2D eigenvalue weighted by Gasteiger charge is -2.27. The van der Waals surface area contributed by atoms with Crippen LogP contribution >= 0.6 is 11.6 Å². The lowest BCUT2D eigenvalue weighted by atomic mass is 9.99. The number of ketones is 1. The fourth-order valence-electron chi connectivity index (χ4n) is 8.25. The molecule has 20 heteroatoms. The second-order valence-electron chi connectivity index (χ2n) is 16.5. The number of halogens is 2. The Kier molecular flexibility index (Phi) is 17.2. The van der Waals surface area contributed by atoms with E-state index in [1.54, 1.807) is 42.5 Å². The number of ether oxygens (including phenoxy) is 5. The van der Waals surface area contributed by atoms with Gasteiger partial charge in [0.15, 0.2) is 5.78 Å². The Morgan fingerprint density at radius 1 is 0.824 bits per heavy atom. The van der Waals surface area contributed by atoms with Crippen LogP contribution in [-0.4, -0.2) is 140 Å². The van der Waals surface area contributed by atoms with Crippen molar-refractivity contribution in [1.82, 2.24) is 20.5 Å². The predicted octanol–water partition coefficient (Wildman–Crippen LogP) is 3.82. The molecule has 0 bridgehead atoms. The first-order chi connectivity index (χ1) is 32.8. The number of hydrogen-bond acceptors (Lipinski definition) is 13. The van der Waals surface area contributed by atoms with Gasteiger partial charge in [-0.3, -0.25) is 43.8 Å². The number of nitrogens with one attached hydrogen (secondary N) is 3. The molecule has 7 rings (SSSR count). The third kappa shape index (κ3) is 12.2. The molecule has 3 aromatic carbocycles. The second kappa shape index (κ2) is 23.4. The summed E-state index contributed by atoms with van der Waals surface area (Å²) in [6.45, 7) is 3.73. The Bertz CT molecular complexity index is 2520. The van der Waals surface area contributed by atoms with Gasteiger partial charge in [0.2, 0.25) is 17.4 Å². The van der Waals surface area contributed by atoms with Crippen molar-refractivity contribution < 1.29 is 66.7 Å². The van der Waals surface area contributed by atoms with Gasteiger partial charge in [-0.05, 0) is 85.3 Å². The number of rotatable bonds is 26. The fourth-order valence-corrected chi connectivity index (χ4v) is 8.50. The molecule has 0 aliphatic carbocycles. The van der Waals surface area contributed by atoms with E-state index in [2.05, 4.69) is 15.6 Å². The lowest BCUT2D eigenvalue weighted by Crippen LogP contribution is -2.54. The van der Waals surface area contributed by atoms with E-state index in [9.17, 15) is 43.1 Å². The molecule has 4 heterocycles. The molecule has 3 aliphatic heterocycles. The first kappa shape index (κ1) is 50.0. The number of imide groups is 2. The number of aromatic amines is 1. The van der Waals surface area contributed by atoms with Crippen LogP contribution in [0.5, 0.6) is 0 Å². The molecule has 2 saturated heterocycles. The molecule has 3 aliphatic rings. The molecule has 2 atom stereocenters. The third-order valence-electron chi connectivity index (χ3n) is 11.7. The summed E-state index contributed by atoms with van der Waals surface area (Å²) in [5, 5.41) is 16.6. The highest BCUT2D eigenvalue weighted by atomic mass is 35.5. The maximum atomic E-state index is 13.7. The van der Waals surface area contributed by atoms with Crippen LogP contribution in [0.3, 0.4) is 0 Å². The Morgan fingerprint density at radius 2 is 1.50 bits per heavy atom. The summed E-state index contributed by atoms with van der Waals surface area (Å²) in [6, 6.07) is 14.7. The molecule has 0 spiro atoms. The highest BCUT2D eigenvalue weighted by Gasteiger charge is 2.52. The topological polar surface area (TPSA) is 232 Å². The van der Waals surface area contributed by atoms with Gasteiger partial charge in [-0.1, -0.05) is 23.7 Å². The number of aromatic nitrogens is 1. The summed E-state index contributed by atoms with van der Waals surface area (Å²) in [4.78, 5) is 94.7. The summed E-state index contributed by atoms with van der Waals surface area (Å²) in [5.74, 6) is -4.47. The Morgan fingerprint density at radius 3 is 2.18 bits per heavy atom. The highest BCUT2D eigenvalue weighted by molar-refractivity contribution is 6.30. The second-order valence-corrected chi connectivity index (χ2v) is 16.9. The zero-order valence-electron chi connectivity index (χ0n) is 37.3. The van der Waals surface area contributed by atoms with Gasteiger partial charge in [-0.25, -0.2) is 4.39 Å². The standard InChI is InChI=1S/C48H53ClFN5O13/c49-33-24-30(25-34(50)28-33)29-51-46(61)48(63)12-13-54(47(48)62)35-8-9-37-32(26-35)27-38(52-37)40(56)7-3-15-65-17-19-67-21-23-68-22-20-66-18-16-64-14-2-5-31-4-1-6-36-42(31)45(60)55(44(36)59)39-10-11-41(57)53-43(39)58/h1,4,6,8-9,24-28,39,52,63H,2-3,5,7,10-23,29H2,(H,51,61)(H,53,57,58). The zero-order chi connectivity index (χ0) is 48.2. The van der Waals surface area contributed by atoms with E-state index in [4.69, 9.17) is 35.3 Å². The SMILES string of the molecule is O=C1CCC(N2C(=O)c3cccc(CCCOCCOCCOCCOCCOCCCC(=O)c4cc5cc(N6CCC(O)(C(=O)NCc7cc(F)cc(Cl)c7)C6=O)ccc5[nH]4)c3C2=O)C(=O)N1. The van der Waals surface area contributed by atoms with Gasteiger partial charge in [0.05, 0.1) is 69.7 Å². The first-order valence-corrected chi connectivity index (χ1v) is 22.9. The number of aliphatic hydroxyl groups is 1. The van der Waals surface area contributed by atoms with Gasteiger partial charge in [-0.2, -0.15) is 0 Å². The number of amides is 6. The summed E-state index contributed by atoms with van der Waals surface area (Å²) in [6.07, 6.45) is 1.87. The third-order valence-corrected chi connectivity index (χ3v) is 12.0. The fraction of sp³-hybridized carbons (Fsp3) is 0.438. The average molecular weight is 962 g/mol. The molecular weight excluding hydrogens is 909 g/mol. The van der Waals surface area contributed by atoms with Crippen molar-refractivity contribution in [2.45, 2.75) is 63.1 Å². The number of carbonyl (C=O) groups excluding carboxylic acids is 7. The Labute approximate surface area is 395 Å². The van der Waals surface area contributed by atoms with Crippen LogP contribution in [0.2, 0.25) is 5.02 Å². The van der Waals surface area contributed by atoms with Gasteiger partial charge in [0.25, 0.3) is 23.6 Å². The van der Waals surface area contributed by atoms with Crippen LogP contribution in [0, 0.1) is 5.82 Å². The van der Waals surface area contributed by atoms with Crippen molar-refractivity contribution in [2.24, 2.45) is 0 Å². The van der Waals surface area contributed by atoms with Crippen LogP contribution in [0.15, 0.2) is 60.7 Å². The molecule has 6 amide bonds. The van der Waals surface area contributed by atoms with Gasteiger partial charge in [0.1, 0.15) is 11.9 Å². The maximum Gasteiger partial charge on any atom is 0.268 e. The molecule has 362 valence electrons. The van der Waals surface area contributed by atoms with E-state index in [1.165, 1.54) is 17.0 Å². The molecule has 18 nitrogen and oxygen atoms in total. The van der Waals surface area contributed by atoms with E-state index < -0.39 is 52.9 Å². The van der Waals surface area contributed by atoms with Crippen LogP contribution in [-0.2, 0) is 55.8 Å². The van der Waals surface area contributed by atoms with Crippen molar-refractivity contribution in [3.05, 3.63) is 99.5 Å². The van der Waals surface area contributed by atoms with Gasteiger partial charge in [-0.15, -0.1) is 0 Å². The van der Waals surface area contributed by atoms with E-state index in [-0.39, 0.29) is 55.1 Å². The normalized spacial score (nSPS) is 18.2. The average Bonchev–Trinajstić information content (AvgIpc) is 3.96. The van der Waals surface area contributed by atoms with Crippen molar-refractivity contribution in [1.29, 1.82) is 0 Å². The quantitative estimate of drug-likeness (QED) is 0.0304. The number of Topliss-reactive ketones (excluding diaryl/α,β-unsaturated/α-hetero) is 1. The summed E-state index contributed by atoms with van der Waals surface area (Å²) in [7, 11) is 0. The van der Waals surface area contributed by atoms with Gasteiger partial charge in [0, 0.05) is 67.2 Å². The summed E-state index contributed by atoms with van der Waals surface area (Å²) in [5.41, 5.74) is 0.892. The minimum Gasteiger partial charge on any atom is -0.379 e. The number of H-pyrrole nitrogens is 1. The lowest BCUT2D eigenvalue weighted by molar-refractivity contribution is -0.149. The number of carbonyl (C=O) groups is 7. The van der Waals surface area contributed by atoms with E-state index in [0.29, 0.717) is 124 Å². The van der Waals surface area contributed by atoms with E-state index >= 15 is 0 Å². The van der Waals surface area contributed by atoms with Crippen molar-refractivity contribution >= 4 is 69.4 Å². The van der Waals surface area contributed by atoms with Crippen LogP contribution in [0.4, 0.5) is 10.1 Å². The van der Waals surface area contributed by atoms with Crippen molar-refractivity contribution in [3.63, 3.8) is 0 Å². The molecule has 4 N–H and O–H groups in total. The van der Waals surface area contributed by atoms with Crippen molar-refractivity contribution in [2.75, 3.05) is 77.5 Å². The Hall–Kier alpha value is -5.93. The number of anilines is 1. The Balaban J connectivity index is 0.683. The number of fused-ring (bicyclic) bond motifs is 2. The van der Waals surface area contributed by atoms with Gasteiger partial charge >= 0.3 is 0 Å². The molecule has 4 aromatic rings. The monoisotopic (exact) mass is 961 g/mol. The minimum absolute atomic E-state index is 0.0622. The highest BCUT2D eigenvalue weighted by Crippen LogP contribution is 2.33. The maximum absolute atomic E-state index is 13.7. The molecule has 0 radical (unpaired) electrons. The minimum atomic E-state index is -2.30. The number of aryl methyl sites for hydroxylation is 1. The molecular formula is C48H53ClFN5O13. The number of benzene rings is 3. The number of hydrogen-bond donors (Lipinski definition) is 4. The first-order valence-electron chi connectivity index (χ1n) is 22.5. The molecule has 68 heavy (non-hydrogen) atoms. The van der Waals surface area contributed by atoms with E-state index in [0.717, 1.165) is 11.0 Å². The molecule has 2 unspecified atom stereocenters. The van der Waals surface area contributed by atoms with E-state index in [1.807, 2.05) is 0 Å². The van der Waals surface area contributed by atoms with Crippen LogP contribution < -0.4 is 15.5 Å². The molecule has 0 saturated carbocycles. The smallest absolute Gasteiger partial charge is 0.268 e. The molecule has 1 aromatic heterocycles. The van der Waals surface area contributed by atoms with Crippen LogP contribution in [0.25, 0.3) is 10.9 Å². The summed E-state index contributed by atoms with van der Waals surface area (Å²) < 4.78 is 41.6. The number of nitrogens with zero attached hydrogens (tertiary/aromatic N) is 2. The zero-order valence-corrected chi connectivity index (χ0v) is 38.0.